The largest absolute Gasteiger partial charge is 1.00 e. The van der Waals surface area contributed by atoms with E-state index < -0.39 is 8.32 Å². The van der Waals surface area contributed by atoms with Crippen molar-refractivity contribution < 1.29 is 23.3 Å². The van der Waals surface area contributed by atoms with Gasteiger partial charge < -0.3 is 4.43 Å². The van der Waals surface area contributed by atoms with Gasteiger partial charge >= 0.3 is 18.9 Å². The molecule has 1 aromatic rings. The first-order valence-corrected chi connectivity index (χ1v) is 9.21. The van der Waals surface area contributed by atoms with Crippen molar-refractivity contribution in [3.05, 3.63) is 22.4 Å². The summed E-state index contributed by atoms with van der Waals surface area (Å²) in [4.78, 5) is 0. The Hall–Kier alpha value is 0.474. The Morgan fingerprint density at radius 1 is 1.38 bits per heavy atom. The predicted molar refractivity (Wildman–Crippen MR) is 69.9 cm³/mol. The zero-order valence-corrected chi connectivity index (χ0v) is 13.4. The summed E-state index contributed by atoms with van der Waals surface area (Å²) in [6.07, 6.45) is 0.178. The molecule has 0 aromatic carbocycles. The van der Waals surface area contributed by atoms with Gasteiger partial charge in [-0.2, -0.15) is 10.9 Å². The molecule has 0 radical (unpaired) electrons. The molecule has 1 nitrogen and oxygen atoms in total. The van der Waals surface area contributed by atoms with Gasteiger partial charge in [-0.3, -0.25) is 11.3 Å². The molecule has 0 saturated carbocycles. The second-order valence-electron chi connectivity index (χ2n) is 5.49. The molecule has 16 heavy (non-hydrogen) atoms. The van der Waals surface area contributed by atoms with Gasteiger partial charge in [-0.25, -0.2) is 6.07 Å². The summed E-state index contributed by atoms with van der Waals surface area (Å²) in [5.74, 6) is 0. The van der Waals surface area contributed by atoms with Crippen LogP contribution in [-0.4, -0.2) is 8.32 Å². The Morgan fingerprint density at radius 3 is 2.31 bits per heavy atom. The smallest absolute Gasteiger partial charge is 0.413 e. The fourth-order valence-electron chi connectivity index (χ4n) is 1.14. The zero-order chi connectivity index (χ0) is 11.7. The molecule has 0 fully saturated rings. The zero-order valence-electron chi connectivity index (χ0n) is 11.5. The van der Waals surface area contributed by atoms with Gasteiger partial charge in [0.25, 0.3) is 0 Å². The standard InChI is InChI=1S/C12H21OSSi.Li/c1-10(11-7-8-14-9-11)13-15(5,6)12(2,3)4;/h8-10H,1-6H3;/q-1;+1. The summed E-state index contributed by atoms with van der Waals surface area (Å²) in [7, 11) is -1.64. The first-order chi connectivity index (χ1) is 6.74. The second kappa shape index (κ2) is 5.88. The number of thiophene rings is 1. The van der Waals surface area contributed by atoms with Gasteiger partial charge in [0, 0.05) is 6.10 Å². The third kappa shape index (κ3) is 4.05. The van der Waals surface area contributed by atoms with Crippen LogP contribution in [0.15, 0.2) is 10.8 Å². The fraction of sp³-hybridized carbons (Fsp3) is 0.667. The maximum absolute atomic E-state index is 6.26. The van der Waals surface area contributed by atoms with Crippen molar-refractivity contribution in [3.8, 4) is 0 Å². The van der Waals surface area contributed by atoms with Crippen molar-refractivity contribution in [3.63, 3.8) is 0 Å². The van der Waals surface area contributed by atoms with Crippen LogP contribution in [0.4, 0.5) is 0 Å². The first kappa shape index (κ1) is 16.5. The van der Waals surface area contributed by atoms with E-state index in [4.69, 9.17) is 4.43 Å². The average molecular weight is 248 g/mol. The van der Waals surface area contributed by atoms with Crippen LogP contribution in [0.25, 0.3) is 0 Å². The second-order valence-corrected chi connectivity index (χ2v) is 11.0. The molecule has 0 aliphatic heterocycles. The van der Waals surface area contributed by atoms with Crippen molar-refractivity contribution in [2.24, 2.45) is 0 Å². The summed E-state index contributed by atoms with van der Waals surface area (Å²) in [5.41, 5.74) is 1.19. The molecule has 0 aliphatic carbocycles. The summed E-state index contributed by atoms with van der Waals surface area (Å²) >= 11 is 1.68. The van der Waals surface area contributed by atoms with E-state index >= 15 is 0 Å². The number of hydrogen-bond acceptors (Lipinski definition) is 2. The third-order valence-corrected chi connectivity index (χ3v) is 8.40. The summed E-state index contributed by atoms with van der Waals surface area (Å²) in [6.45, 7) is 13.5. The molecule has 1 heterocycles. The van der Waals surface area contributed by atoms with Gasteiger partial charge in [0.1, 0.15) is 0 Å². The van der Waals surface area contributed by atoms with E-state index in [1.54, 1.807) is 11.3 Å². The molecule has 0 N–H and O–H groups in total. The molecule has 0 amide bonds. The van der Waals surface area contributed by atoms with Crippen molar-refractivity contribution in [2.75, 3.05) is 0 Å². The van der Waals surface area contributed by atoms with E-state index in [1.165, 1.54) is 5.56 Å². The Balaban J connectivity index is 0.00000225. The molecule has 0 aliphatic rings. The van der Waals surface area contributed by atoms with Crippen molar-refractivity contribution in [1.82, 2.24) is 0 Å². The minimum atomic E-state index is -1.64. The van der Waals surface area contributed by atoms with Crippen molar-refractivity contribution in [2.45, 2.75) is 51.9 Å². The molecule has 0 bridgehead atoms. The number of rotatable bonds is 3. The topological polar surface area (TPSA) is 9.23 Å². The van der Waals surface area contributed by atoms with Gasteiger partial charge in [-0.1, -0.05) is 20.8 Å². The summed E-state index contributed by atoms with van der Waals surface area (Å²) in [5, 5.41) is 4.38. The van der Waals surface area contributed by atoms with Gasteiger partial charge in [-0.05, 0) is 25.1 Å². The Kier molecular flexibility index (Phi) is 6.06. The van der Waals surface area contributed by atoms with E-state index in [0.717, 1.165) is 0 Å². The van der Waals surface area contributed by atoms with Crippen LogP contribution >= 0.6 is 11.3 Å². The van der Waals surface area contributed by atoms with Crippen LogP contribution in [0.5, 0.6) is 0 Å². The van der Waals surface area contributed by atoms with Crippen LogP contribution < -0.4 is 18.9 Å². The van der Waals surface area contributed by atoms with Gasteiger partial charge in [0.05, 0.1) is 0 Å². The minimum Gasteiger partial charge on any atom is -0.413 e. The maximum Gasteiger partial charge on any atom is 1.00 e. The first-order valence-electron chi connectivity index (χ1n) is 5.35. The van der Waals surface area contributed by atoms with Crippen LogP contribution in [0, 0.1) is 6.07 Å². The van der Waals surface area contributed by atoms with Crippen LogP contribution in [0.3, 0.4) is 0 Å². The maximum atomic E-state index is 6.26. The van der Waals surface area contributed by atoms with Crippen molar-refractivity contribution >= 4 is 19.7 Å². The van der Waals surface area contributed by atoms with Crippen LogP contribution in [0.1, 0.15) is 39.4 Å². The SMILES string of the molecule is CC(O[Si](C)(C)C(C)(C)C)c1[c-]csc1.[Li+]. The quantitative estimate of drug-likeness (QED) is 0.584. The average Bonchev–Trinajstić information content (AvgIpc) is 2.51. The normalized spacial score (nSPS) is 14.4. The Bertz CT molecular complexity index is 303. The van der Waals surface area contributed by atoms with Gasteiger partial charge in [0.15, 0.2) is 8.32 Å². The number of hydrogen-bond donors (Lipinski definition) is 0. The van der Waals surface area contributed by atoms with Gasteiger partial charge in [-0.15, -0.1) is 5.38 Å². The molecule has 86 valence electrons. The molecule has 1 aromatic heterocycles. The van der Waals surface area contributed by atoms with Gasteiger partial charge in [0.2, 0.25) is 0 Å². The Labute approximate surface area is 117 Å². The van der Waals surface area contributed by atoms with Crippen LogP contribution in [-0.2, 0) is 4.43 Å². The molecule has 1 rings (SSSR count). The molecular formula is C12H21LiOSSi. The molecule has 1 atom stereocenters. The molecule has 1 unspecified atom stereocenters. The minimum absolute atomic E-state index is 0. The van der Waals surface area contributed by atoms with E-state index in [0.29, 0.717) is 0 Å². The van der Waals surface area contributed by atoms with E-state index in [1.807, 2.05) is 5.38 Å². The monoisotopic (exact) mass is 248 g/mol. The predicted octanol–water partition coefficient (Wildman–Crippen LogP) is 1.64. The molecular weight excluding hydrogens is 227 g/mol. The molecule has 4 heteroatoms. The molecule has 0 saturated heterocycles. The summed E-state index contributed by atoms with van der Waals surface area (Å²) < 4.78 is 6.26. The summed E-state index contributed by atoms with van der Waals surface area (Å²) in [6, 6.07) is 3.23. The van der Waals surface area contributed by atoms with Crippen molar-refractivity contribution in [1.29, 1.82) is 0 Å². The third-order valence-electron chi connectivity index (χ3n) is 3.20. The fourth-order valence-corrected chi connectivity index (χ4v) is 3.18. The van der Waals surface area contributed by atoms with E-state index in [2.05, 4.69) is 52.2 Å². The Morgan fingerprint density at radius 2 is 1.94 bits per heavy atom. The molecule has 0 spiro atoms. The van der Waals surface area contributed by atoms with Crippen LogP contribution in [0.2, 0.25) is 18.1 Å². The van der Waals surface area contributed by atoms with E-state index in [-0.39, 0.29) is 30.0 Å². The van der Waals surface area contributed by atoms with E-state index in [9.17, 15) is 0 Å².